The fourth-order valence-electron chi connectivity index (χ4n) is 3.48. The van der Waals surface area contributed by atoms with Gasteiger partial charge in [-0.2, -0.15) is 0 Å². The number of nitrogens with zero attached hydrogens (tertiary/aromatic N) is 2. The highest BCUT2D eigenvalue weighted by molar-refractivity contribution is 7.80. The lowest BCUT2D eigenvalue weighted by Gasteiger charge is -2.33. The van der Waals surface area contributed by atoms with Gasteiger partial charge in [-0.05, 0) is 38.3 Å². The van der Waals surface area contributed by atoms with Crippen LogP contribution in [0.1, 0.15) is 46.9 Å². The summed E-state index contributed by atoms with van der Waals surface area (Å²) >= 11 is 5.35. The number of benzene rings is 1. The summed E-state index contributed by atoms with van der Waals surface area (Å²) in [4.78, 5) is 39.3. The van der Waals surface area contributed by atoms with Crippen LogP contribution >= 0.6 is 12.2 Å². The maximum atomic E-state index is 12.3. The molecule has 24 heavy (non-hydrogen) atoms. The lowest BCUT2D eigenvalue weighted by atomic mass is 9.92. The second kappa shape index (κ2) is 5.98. The van der Waals surface area contributed by atoms with E-state index in [9.17, 15) is 19.5 Å². The standard InChI is InChI=1S/C17H18N2O4S/c1-17(13(24)7-10-19(17)16(22)23)8-4-9-18-14(20)11-5-2-3-6-12(11)15(18)21/h2-3,5-6H,4,7-10H2,1H3,(H,22,23). The summed E-state index contributed by atoms with van der Waals surface area (Å²) in [5.41, 5.74) is 0.148. The molecule has 3 amide bonds. The molecule has 1 fully saturated rings. The third kappa shape index (κ3) is 2.49. The highest BCUT2D eigenvalue weighted by Crippen LogP contribution is 2.32. The number of carboxylic acid groups (broad SMARTS) is 1. The van der Waals surface area contributed by atoms with E-state index in [0.29, 0.717) is 41.8 Å². The number of hydrogen-bond donors (Lipinski definition) is 1. The van der Waals surface area contributed by atoms with E-state index in [0.717, 1.165) is 0 Å². The Bertz CT molecular complexity index is 713. The number of fused-ring (bicyclic) bond motifs is 1. The molecule has 1 atom stereocenters. The van der Waals surface area contributed by atoms with Crippen molar-refractivity contribution < 1.29 is 19.5 Å². The van der Waals surface area contributed by atoms with Crippen LogP contribution in [0.5, 0.6) is 0 Å². The Labute approximate surface area is 145 Å². The van der Waals surface area contributed by atoms with Crippen LogP contribution in [0, 0.1) is 0 Å². The van der Waals surface area contributed by atoms with Gasteiger partial charge in [0, 0.05) is 18.0 Å². The number of carbonyl (C=O) groups excluding carboxylic acids is 2. The quantitative estimate of drug-likeness (QED) is 0.670. The Morgan fingerprint density at radius 1 is 1.25 bits per heavy atom. The first-order valence-corrected chi connectivity index (χ1v) is 8.26. The average molecular weight is 346 g/mol. The highest BCUT2D eigenvalue weighted by Gasteiger charge is 2.44. The van der Waals surface area contributed by atoms with Gasteiger partial charge in [-0.3, -0.25) is 19.4 Å². The summed E-state index contributed by atoms with van der Waals surface area (Å²) < 4.78 is 0. The number of carbonyl (C=O) groups is 3. The number of hydrogen-bond acceptors (Lipinski definition) is 4. The van der Waals surface area contributed by atoms with Crippen LogP contribution in [-0.2, 0) is 0 Å². The molecule has 0 spiro atoms. The van der Waals surface area contributed by atoms with Crippen LogP contribution in [0.15, 0.2) is 24.3 Å². The van der Waals surface area contributed by atoms with E-state index < -0.39 is 11.6 Å². The molecule has 1 saturated heterocycles. The summed E-state index contributed by atoms with van der Waals surface area (Å²) in [5.74, 6) is -0.574. The fourth-order valence-corrected chi connectivity index (χ4v) is 3.79. The van der Waals surface area contributed by atoms with Gasteiger partial charge in [0.05, 0.1) is 16.7 Å². The lowest BCUT2D eigenvalue weighted by Crippen LogP contribution is -2.48. The first-order chi connectivity index (χ1) is 11.4. The topological polar surface area (TPSA) is 77.9 Å². The van der Waals surface area contributed by atoms with Gasteiger partial charge in [0.25, 0.3) is 11.8 Å². The molecular formula is C17H18N2O4S. The molecule has 0 aromatic heterocycles. The van der Waals surface area contributed by atoms with Gasteiger partial charge >= 0.3 is 6.09 Å². The maximum Gasteiger partial charge on any atom is 0.408 e. The molecule has 1 aromatic rings. The zero-order valence-corrected chi connectivity index (χ0v) is 14.1. The van der Waals surface area contributed by atoms with E-state index in [2.05, 4.69) is 0 Å². The molecule has 0 bridgehead atoms. The smallest absolute Gasteiger partial charge is 0.408 e. The van der Waals surface area contributed by atoms with Crippen LogP contribution in [0.2, 0.25) is 0 Å². The Hall–Kier alpha value is -2.28. The molecule has 1 N–H and O–H groups in total. The van der Waals surface area contributed by atoms with E-state index in [1.807, 2.05) is 6.92 Å². The number of likely N-dealkylation sites (tertiary alicyclic amines) is 1. The first-order valence-electron chi connectivity index (χ1n) is 7.85. The molecule has 6 nitrogen and oxygen atoms in total. The SMILES string of the molecule is CC1(CCCN2C(=O)c3ccccc3C2=O)C(=S)CCN1C(=O)O. The molecule has 7 heteroatoms. The fraction of sp³-hybridized carbons (Fsp3) is 0.412. The van der Waals surface area contributed by atoms with Crippen LogP contribution in [0.4, 0.5) is 4.79 Å². The minimum atomic E-state index is -0.988. The van der Waals surface area contributed by atoms with Gasteiger partial charge in [-0.1, -0.05) is 24.4 Å². The van der Waals surface area contributed by atoms with E-state index in [1.54, 1.807) is 24.3 Å². The third-order valence-electron chi connectivity index (χ3n) is 4.91. The zero-order valence-electron chi connectivity index (χ0n) is 13.3. The molecule has 0 aliphatic carbocycles. The molecule has 2 heterocycles. The normalized spacial score (nSPS) is 23.1. The lowest BCUT2D eigenvalue weighted by molar-refractivity contribution is 0.0642. The average Bonchev–Trinajstić information content (AvgIpc) is 2.98. The summed E-state index contributed by atoms with van der Waals surface area (Å²) in [7, 11) is 0. The molecule has 1 aromatic carbocycles. The summed E-state index contributed by atoms with van der Waals surface area (Å²) in [6.07, 6.45) is 0.584. The highest BCUT2D eigenvalue weighted by atomic mass is 32.1. The second-order valence-corrected chi connectivity index (χ2v) is 6.79. The molecule has 3 rings (SSSR count). The third-order valence-corrected chi connectivity index (χ3v) is 5.56. The van der Waals surface area contributed by atoms with Crippen LogP contribution in [0.3, 0.4) is 0 Å². The number of imide groups is 1. The van der Waals surface area contributed by atoms with Crippen molar-refractivity contribution >= 4 is 35.0 Å². The van der Waals surface area contributed by atoms with Gasteiger partial charge in [0.2, 0.25) is 0 Å². The Morgan fingerprint density at radius 3 is 2.38 bits per heavy atom. The molecule has 2 aliphatic rings. The predicted molar refractivity (Wildman–Crippen MR) is 91.4 cm³/mol. The van der Waals surface area contributed by atoms with Crippen LogP contribution < -0.4 is 0 Å². The number of thiocarbonyl (C=S) groups is 1. The van der Waals surface area contributed by atoms with Gasteiger partial charge < -0.3 is 5.11 Å². The van der Waals surface area contributed by atoms with Gasteiger partial charge in [0.15, 0.2) is 0 Å². The Morgan fingerprint density at radius 2 is 1.83 bits per heavy atom. The summed E-state index contributed by atoms with van der Waals surface area (Å²) in [5, 5.41) is 9.33. The van der Waals surface area contributed by atoms with Crippen molar-refractivity contribution in [3.63, 3.8) is 0 Å². The Balaban J connectivity index is 1.67. The predicted octanol–water partition coefficient (Wildman–Crippen LogP) is 2.58. The van der Waals surface area contributed by atoms with E-state index in [4.69, 9.17) is 12.2 Å². The molecule has 0 radical (unpaired) electrons. The van der Waals surface area contributed by atoms with Crippen molar-refractivity contribution in [2.45, 2.75) is 31.7 Å². The number of rotatable bonds is 4. The first kappa shape index (κ1) is 16.6. The van der Waals surface area contributed by atoms with E-state index in [1.165, 1.54) is 9.80 Å². The van der Waals surface area contributed by atoms with Crippen molar-refractivity contribution in [1.82, 2.24) is 9.80 Å². The largest absolute Gasteiger partial charge is 0.465 e. The van der Waals surface area contributed by atoms with Gasteiger partial charge in [-0.15, -0.1) is 0 Å². The van der Waals surface area contributed by atoms with Gasteiger partial charge in [-0.25, -0.2) is 4.79 Å². The van der Waals surface area contributed by atoms with Crippen molar-refractivity contribution in [3.05, 3.63) is 35.4 Å². The molecule has 0 saturated carbocycles. The number of amides is 3. The minimum absolute atomic E-state index is 0.262. The monoisotopic (exact) mass is 346 g/mol. The van der Waals surface area contributed by atoms with E-state index >= 15 is 0 Å². The zero-order chi connectivity index (χ0) is 17.5. The molecule has 126 valence electrons. The van der Waals surface area contributed by atoms with Crippen molar-refractivity contribution in [1.29, 1.82) is 0 Å². The van der Waals surface area contributed by atoms with Crippen molar-refractivity contribution in [3.8, 4) is 0 Å². The van der Waals surface area contributed by atoms with Crippen LogP contribution in [-0.4, -0.2) is 56.3 Å². The van der Waals surface area contributed by atoms with Crippen molar-refractivity contribution in [2.24, 2.45) is 0 Å². The molecule has 1 unspecified atom stereocenters. The molecular weight excluding hydrogens is 328 g/mol. The van der Waals surface area contributed by atoms with Crippen molar-refractivity contribution in [2.75, 3.05) is 13.1 Å². The second-order valence-electron chi connectivity index (χ2n) is 6.29. The molecule has 2 aliphatic heterocycles. The summed E-state index contributed by atoms with van der Waals surface area (Å²) in [6, 6.07) is 6.76. The van der Waals surface area contributed by atoms with Gasteiger partial charge in [0.1, 0.15) is 0 Å². The minimum Gasteiger partial charge on any atom is -0.465 e. The van der Waals surface area contributed by atoms with Crippen LogP contribution in [0.25, 0.3) is 0 Å². The summed E-state index contributed by atoms with van der Waals surface area (Å²) in [6.45, 7) is 2.48. The van der Waals surface area contributed by atoms with E-state index in [-0.39, 0.29) is 18.4 Å². The Kier molecular flexibility index (Phi) is 4.13. The maximum absolute atomic E-state index is 12.3.